The average Bonchev–Trinajstić information content (AvgIpc) is 2.85. The van der Waals surface area contributed by atoms with Crippen LogP contribution in [0.5, 0.6) is 0 Å². The number of rotatable bonds is 4. The molecule has 0 spiro atoms. The third kappa shape index (κ3) is 1.94. The zero-order valence-electron chi connectivity index (χ0n) is 11.9. The quantitative estimate of drug-likeness (QED) is 0.797. The van der Waals surface area contributed by atoms with Gasteiger partial charge in [-0.15, -0.1) is 0 Å². The van der Waals surface area contributed by atoms with Crippen LogP contribution < -0.4 is 0 Å². The molecule has 0 radical (unpaired) electrons. The van der Waals surface area contributed by atoms with Gasteiger partial charge in [-0.2, -0.15) is 0 Å². The second kappa shape index (κ2) is 5.16. The molecule has 1 unspecified atom stereocenters. The molecule has 1 aliphatic carbocycles. The fourth-order valence-electron chi connectivity index (χ4n) is 3.04. The topological polar surface area (TPSA) is 33.5 Å². The van der Waals surface area contributed by atoms with Gasteiger partial charge in [0.25, 0.3) is 0 Å². The van der Waals surface area contributed by atoms with E-state index in [9.17, 15) is 4.79 Å². The Hall–Kier alpha value is -2.03. The first-order valence-corrected chi connectivity index (χ1v) is 7.20. The Kier molecular flexibility index (Phi) is 3.35. The number of fused-ring (bicyclic) bond motifs is 3. The molecule has 0 bridgehead atoms. The third-order valence-corrected chi connectivity index (χ3v) is 4.11. The highest BCUT2D eigenvalue weighted by molar-refractivity contribution is 5.86. The van der Waals surface area contributed by atoms with Gasteiger partial charge in [0.05, 0.1) is 5.92 Å². The number of allylic oxidation sites excluding steroid dienone is 1. The first kappa shape index (κ1) is 13.0. The highest BCUT2D eigenvalue weighted by Crippen LogP contribution is 2.36. The van der Waals surface area contributed by atoms with Gasteiger partial charge in [0, 0.05) is 35.8 Å². The molecular weight excluding hydrogens is 250 g/mol. The highest BCUT2D eigenvalue weighted by Gasteiger charge is 2.27. The van der Waals surface area contributed by atoms with Crippen LogP contribution in [0.2, 0.25) is 0 Å². The fraction of sp³-hybridized carbons (Fsp3) is 0.353. The summed E-state index contributed by atoms with van der Waals surface area (Å²) < 4.78 is 5.93. The van der Waals surface area contributed by atoms with Crippen molar-refractivity contribution in [3.8, 4) is 0 Å². The molecule has 1 aromatic carbocycles. The molecule has 0 aliphatic heterocycles. The molecule has 0 N–H and O–H groups in total. The number of carbonyl (C=O) groups is 1. The first-order valence-electron chi connectivity index (χ1n) is 7.20. The van der Waals surface area contributed by atoms with E-state index < -0.39 is 0 Å². The molecule has 0 amide bonds. The molecule has 3 heteroatoms. The predicted molar refractivity (Wildman–Crippen MR) is 80.4 cm³/mol. The fourth-order valence-corrected chi connectivity index (χ4v) is 3.04. The summed E-state index contributed by atoms with van der Waals surface area (Å²) in [5.41, 5.74) is 3.14. The van der Waals surface area contributed by atoms with Crippen LogP contribution in [0.4, 0.5) is 0 Å². The van der Waals surface area contributed by atoms with E-state index in [4.69, 9.17) is 4.42 Å². The van der Waals surface area contributed by atoms with Gasteiger partial charge in [0.15, 0.2) is 0 Å². The van der Waals surface area contributed by atoms with Crippen LogP contribution in [0, 0.1) is 5.92 Å². The molecule has 0 saturated carbocycles. The smallest absolute Gasteiger partial charge is 0.135 e. The lowest BCUT2D eigenvalue weighted by Gasteiger charge is -2.30. The molecule has 0 saturated heterocycles. The number of nitrogens with zero attached hydrogens (tertiary/aromatic N) is 1. The molecule has 1 atom stereocenters. The van der Waals surface area contributed by atoms with E-state index in [0.29, 0.717) is 0 Å². The molecule has 104 valence electrons. The van der Waals surface area contributed by atoms with Crippen molar-refractivity contribution in [2.75, 3.05) is 13.1 Å². The Labute approximate surface area is 118 Å². The number of benzene rings is 1. The lowest BCUT2D eigenvalue weighted by Crippen LogP contribution is -2.30. The first-order chi connectivity index (χ1) is 9.78. The standard InChI is InChI=1S/C17H19NO2/c1-3-18(4-2)15-10-17-14(9-12(15)11-19)13-7-5-6-8-16(13)20-17/h5-8,10-12H,3-4,9H2,1-2H3. The SMILES string of the molecule is CCN(CC)C1=Cc2oc3ccccc3c2CC1C=O. The zero-order chi connectivity index (χ0) is 14.1. The van der Waals surface area contributed by atoms with Crippen LogP contribution in [0.1, 0.15) is 25.2 Å². The van der Waals surface area contributed by atoms with Crippen molar-refractivity contribution in [3.05, 3.63) is 41.3 Å². The zero-order valence-corrected chi connectivity index (χ0v) is 11.9. The van der Waals surface area contributed by atoms with E-state index in [2.05, 4.69) is 24.8 Å². The summed E-state index contributed by atoms with van der Waals surface area (Å²) in [5, 5.41) is 1.13. The van der Waals surface area contributed by atoms with Crippen molar-refractivity contribution in [1.82, 2.24) is 4.90 Å². The van der Waals surface area contributed by atoms with E-state index in [-0.39, 0.29) is 5.92 Å². The van der Waals surface area contributed by atoms with Crippen LogP contribution in [0.15, 0.2) is 34.4 Å². The van der Waals surface area contributed by atoms with Gasteiger partial charge in [-0.25, -0.2) is 0 Å². The normalized spacial score (nSPS) is 17.7. The van der Waals surface area contributed by atoms with Gasteiger partial charge in [0.1, 0.15) is 17.6 Å². The van der Waals surface area contributed by atoms with E-state index in [1.54, 1.807) is 0 Å². The van der Waals surface area contributed by atoms with Gasteiger partial charge >= 0.3 is 0 Å². The van der Waals surface area contributed by atoms with Crippen LogP contribution in [0.3, 0.4) is 0 Å². The molecule has 1 aromatic heterocycles. The number of para-hydroxylation sites is 1. The Bertz CT molecular complexity index is 665. The van der Waals surface area contributed by atoms with Gasteiger partial charge in [0.2, 0.25) is 0 Å². The Balaban J connectivity index is 2.14. The van der Waals surface area contributed by atoms with Crippen LogP contribution in [-0.2, 0) is 11.2 Å². The van der Waals surface area contributed by atoms with Crippen molar-refractivity contribution in [2.24, 2.45) is 5.92 Å². The average molecular weight is 269 g/mol. The van der Waals surface area contributed by atoms with Gasteiger partial charge in [-0.1, -0.05) is 18.2 Å². The van der Waals surface area contributed by atoms with Gasteiger partial charge in [-0.3, -0.25) is 0 Å². The predicted octanol–water partition coefficient (Wildman–Crippen LogP) is 3.49. The minimum absolute atomic E-state index is 0.0663. The number of aldehydes is 1. The number of hydrogen-bond acceptors (Lipinski definition) is 3. The van der Waals surface area contributed by atoms with E-state index in [0.717, 1.165) is 53.8 Å². The lowest BCUT2D eigenvalue weighted by molar-refractivity contribution is -0.110. The van der Waals surface area contributed by atoms with Crippen molar-refractivity contribution in [2.45, 2.75) is 20.3 Å². The molecule has 3 nitrogen and oxygen atoms in total. The van der Waals surface area contributed by atoms with Crippen molar-refractivity contribution >= 4 is 23.3 Å². The minimum atomic E-state index is -0.0663. The van der Waals surface area contributed by atoms with Gasteiger partial charge < -0.3 is 14.1 Å². The summed E-state index contributed by atoms with van der Waals surface area (Å²) in [4.78, 5) is 13.7. The molecule has 1 heterocycles. The maximum Gasteiger partial charge on any atom is 0.135 e. The Morgan fingerprint density at radius 3 is 2.75 bits per heavy atom. The second-order valence-corrected chi connectivity index (χ2v) is 5.13. The van der Waals surface area contributed by atoms with Crippen LogP contribution in [0.25, 0.3) is 17.0 Å². The van der Waals surface area contributed by atoms with Crippen molar-refractivity contribution in [3.63, 3.8) is 0 Å². The lowest BCUT2D eigenvalue weighted by atomic mass is 9.89. The molecular formula is C17H19NO2. The molecule has 3 rings (SSSR count). The molecule has 0 fully saturated rings. The summed E-state index contributed by atoms with van der Waals surface area (Å²) in [7, 11) is 0. The maximum absolute atomic E-state index is 11.5. The summed E-state index contributed by atoms with van der Waals surface area (Å²) in [6.45, 7) is 6.03. The summed E-state index contributed by atoms with van der Waals surface area (Å²) >= 11 is 0. The highest BCUT2D eigenvalue weighted by atomic mass is 16.3. The summed E-state index contributed by atoms with van der Waals surface area (Å²) in [6, 6.07) is 8.03. The maximum atomic E-state index is 11.5. The van der Waals surface area contributed by atoms with Gasteiger partial charge in [-0.05, 0) is 26.3 Å². The monoisotopic (exact) mass is 269 g/mol. The van der Waals surface area contributed by atoms with Crippen LogP contribution >= 0.6 is 0 Å². The molecule has 1 aliphatic rings. The molecule has 2 aromatic rings. The van der Waals surface area contributed by atoms with E-state index >= 15 is 0 Å². The summed E-state index contributed by atoms with van der Waals surface area (Å²) in [5.74, 6) is 0.842. The van der Waals surface area contributed by atoms with E-state index in [1.165, 1.54) is 0 Å². The Morgan fingerprint density at radius 2 is 2.05 bits per heavy atom. The minimum Gasteiger partial charge on any atom is -0.456 e. The second-order valence-electron chi connectivity index (χ2n) is 5.13. The van der Waals surface area contributed by atoms with E-state index in [1.807, 2.05) is 24.3 Å². The van der Waals surface area contributed by atoms with Crippen LogP contribution in [-0.4, -0.2) is 24.3 Å². The number of carbonyl (C=O) groups excluding carboxylic acids is 1. The third-order valence-electron chi connectivity index (χ3n) is 4.11. The Morgan fingerprint density at radius 1 is 1.30 bits per heavy atom. The van der Waals surface area contributed by atoms with Crippen molar-refractivity contribution in [1.29, 1.82) is 0 Å². The number of hydrogen-bond donors (Lipinski definition) is 0. The largest absolute Gasteiger partial charge is 0.456 e. The van der Waals surface area contributed by atoms with Crippen molar-refractivity contribution < 1.29 is 9.21 Å². The summed E-state index contributed by atoms with van der Waals surface area (Å²) in [6.07, 6.45) is 3.85. The number of furan rings is 1. The molecule has 20 heavy (non-hydrogen) atoms.